The number of ether oxygens (including phenoxy) is 3. The Hall–Kier alpha value is 0.267. The van der Waals surface area contributed by atoms with E-state index < -0.39 is 14.2 Å². The van der Waals surface area contributed by atoms with E-state index in [0.717, 1.165) is 19.1 Å². The lowest BCUT2D eigenvalue weighted by molar-refractivity contribution is -0.144. The van der Waals surface area contributed by atoms with E-state index >= 15 is 0 Å². The number of aliphatic hydroxyl groups excluding tert-OH is 1. The van der Waals surface area contributed by atoms with E-state index in [1.807, 2.05) is 23.5 Å². The van der Waals surface area contributed by atoms with Crippen molar-refractivity contribution in [2.45, 2.75) is 68.2 Å². The van der Waals surface area contributed by atoms with Crippen LogP contribution in [0.4, 0.5) is 0 Å². The second-order valence-corrected chi connectivity index (χ2v) is 16.1. The molecule has 0 amide bonds. The molecule has 0 spiro atoms. The van der Waals surface area contributed by atoms with Crippen LogP contribution in [0.15, 0.2) is 0 Å². The van der Waals surface area contributed by atoms with Crippen LogP contribution in [0.25, 0.3) is 0 Å². The van der Waals surface area contributed by atoms with E-state index in [-0.39, 0.29) is 25.3 Å². The van der Waals surface area contributed by atoms with Crippen molar-refractivity contribution >= 4 is 37.6 Å². The molecule has 148 valence electrons. The predicted octanol–water partition coefficient (Wildman–Crippen LogP) is 3.58. The lowest BCUT2D eigenvalue weighted by Gasteiger charge is -2.27. The Morgan fingerprint density at radius 3 is 2.56 bits per heavy atom. The molecule has 1 aliphatic heterocycles. The van der Waals surface area contributed by atoms with Gasteiger partial charge in [0.1, 0.15) is 6.79 Å². The third-order valence-electron chi connectivity index (χ3n) is 3.90. The van der Waals surface area contributed by atoms with Crippen LogP contribution in [0.3, 0.4) is 0 Å². The number of thioether (sulfide) groups is 2. The minimum atomic E-state index is -1.10. The first-order valence-electron chi connectivity index (χ1n) is 8.97. The standard InChI is InChI=1S/C17H34O5S2Si/c1-20-16(19)11-14(18)10-15(12-17-23-7-5-8-24-17)22-13-21-6-9-25(2,3)4/h14-15,17-18H,5-13H2,1-4H3/t14-,15-/m1/s1. The average Bonchev–Trinajstić information content (AvgIpc) is 2.54. The number of aliphatic hydroxyl groups is 1. The van der Waals surface area contributed by atoms with Crippen molar-refractivity contribution in [1.29, 1.82) is 0 Å². The minimum Gasteiger partial charge on any atom is -0.469 e. The van der Waals surface area contributed by atoms with Gasteiger partial charge in [0.25, 0.3) is 0 Å². The van der Waals surface area contributed by atoms with Gasteiger partial charge in [0.2, 0.25) is 0 Å². The summed E-state index contributed by atoms with van der Waals surface area (Å²) in [4.78, 5) is 11.3. The molecule has 2 atom stereocenters. The SMILES string of the molecule is COC(=O)C[C@H](O)C[C@H](CC1SCCCS1)OCOCC[Si](C)(C)C. The monoisotopic (exact) mass is 410 g/mol. The summed E-state index contributed by atoms with van der Waals surface area (Å²) < 4.78 is 16.7. The molecular weight excluding hydrogens is 376 g/mol. The molecule has 1 aliphatic rings. The predicted molar refractivity (Wildman–Crippen MR) is 109 cm³/mol. The molecule has 1 rings (SSSR count). The third kappa shape index (κ3) is 12.3. The van der Waals surface area contributed by atoms with Crippen molar-refractivity contribution in [2.24, 2.45) is 0 Å². The first-order chi connectivity index (χ1) is 11.8. The van der Waals surface area contributed by atoms with Crippen LogP contribution in [0.5, 0.6) is 0 Å². The zero-order chi connectivity index (χ0) is 18.7. The largest absolute Gasteiger partial charge is 0.469 e. The average molecular weight is 411 g/mol. The van der Waals surface area contributed by atoms with Gasteiger partial charge in [0.15, 0.2) is 0 Å². The molecule has 1 fully saturated rings. The molecule has 1 heterocycles. The summed E-state index contributed by atoms with van der Waals surface area (Å²) >= 11 is 3.92. The van der Waals surface area contributed by atoms with Crippen LogP contribution >= 0.6 is 23.5 Å². The van der Waals surface area contributed by atoms with E-state index in [9.17, 15) is 9.90 Å². The van der Waals surface area contributed by atoms with E-state index in [0.29, 0.717) is 11.0 Å². The molecule has 0 unspecified atom stereocenters. The maximum absolute atomic E-state index is 11.3. The van der Waals surface area contributed by atoms with Gasteiger partial charge >= 0.3 is 5.97 Å². The molecule has 25 heavy (non-hydrogen) atoms. The fourth-order valence-electron chi connectivity index (χ4n) is 2.36. The number of carbonyl (C=O) groups is 1. The highest BCUT2D eigenvalue weighted by molar-refractivity contribution is 8.17. The topological polar surface area (TPSA) is 65.0 Å². The van der Waals surface area contributed by atoms with Crippen molar-refractivity contribution in [3.63, 3.8) is 0 Å². The molecule has 0 saturated carbocycles. The quantitative estimate of drug-likeness (QED) is 0.228. The molecule has 0 aromatic heterocycles. The number of esters is 1. The van der Waals surface area contributed by atoms with Gasteiger partial charge in [-0.2, -0.15) is 0 Å². The van der Waals surface area contributed by atoms with Gasteiger partial charge in [0.05, 0.1) is 30.3 Å². The highest BCUT2D eigenvalue weighted by atomic mass is 32.2. The minimum absolute atomic E-state index is 0.0117. The summed E-state index contributed by atoms with van der Waals surface area (Å²) in [6, 6.07) is 1.11. The first kappa shape index (κ1) is 23.3. The van der Waals surface area contributed by atoms with Crippen LogP contribution < -0.4 is 0 Å². The highest BCUT2D eigenvalue weighted by Crippen LogP contribution is 2.35. The van der Waals surface area contributed by atoms with Gasteiger partial charge in [-0.05, 0) is 30.4 Å². The van der Waals surface area contributed by atoms with Crippen molar-refractivity contribution in [3.8, 4) is 0 Å². The van der Waals surface area contributed by atoms with Crippen LogP contribution in [0.1, 0.15) is 25.7 Å². The fraction of sp³-hybridized carbons (Fsp3) is 0.941. The highest BCUT2D eigenvalue weighted by Gasteiger charge is 2.24. The van der Waals surface area contributed by atoms with E-state index in [4.69, 9.17) is 9.47 Å². The Labute approximate surface area is 161 Å². The Morgan fingerprint density at radius 1 is 1.28 bits per heavy atom. The zero-order valence-corrected chi connectivity index (χ0v) is 18.6. The van der Waals surface area contributed by atoms with Crippen molar-refractivity contribution in [2.75, 3.05) is 32.0 Å². The van der Waals surface area contributed by atoms with Gasteiger partial charge in [0, 0.05) is 21.1 Å². The van der Waals surface area contributed by atoms with Crippen LogP contribution in [-0.4, -0.2) is 68.0 Å². The van der Waals surface area contributed by atoms with Gasteiger partial charge < -0.3 is 19.3 Å². The number of hydrogen-bond acceptors (Lipinski definition) is 7. The molecule has 0 aromatic carbocycles. The summed E-state index contributed by atoms with van der Waals surface area (Å²) in [7, 11) is 0.241. The van der Waals surface area contributed by atoms with E-state index in [1.165, 1.54) is 25.0 Å². The Bertz CT molecular complexity index is 373. The van der Waals surface area contributed by atoms with Gasteiger partial charge in [-0.3, -0.25) is 4.79 Å². The Kier molecular flexibility index (Phi) is 11.8. The molecule has 5 nitrogen and oxygen atoms in total. The summed E-state index contributed by atoms with van der Waals surface area (Å²) in [5, 5.41) is 10.1. The number of methoxy groups -OCH3 is 1. The van der Waals surface area contributed by atoms with Gasteiger partial charge in [-0.15, -0.1) is 23.5 Å². The fourth-order valence-corrected chi connectivity index (χ4v) is 6.11. The smallest absolute Gasteiger partial charge is 0.308 e. The summed E-state index contributed by atoms with van der Waals surface area (Å²) in [5.74, 6) is 1.97. The number of carbonyl (C=O) groups excluding carboxylic acids is 1. The van der Waals surface area contributed by atoms with Crippen molar-refractivity contribution < 1.29 is 24.1 Å². The summed E-state index contributed by atoms with van der Waals surface area (Å²) in [5.41, 5.74) is 0. The molecule has 1 N–H and O–H groups in total. The number of hydrogen-bond donors (Lipinski definition) is 1. The molecular formula is C17H34O5S2Si. The number of rotatable bonds is 12. The van der Waals surface area contributed by atoms with Gasteiger partial charge in [-0.25, -0.2) is 0 Å². The van der Waals surface area contributed by atoms with Crippen LogP contribution in [0.2, 0.25) is 25.7 Å². The Balaban J connectivity index is 2.39. The molecule has 0 bridgehead atoms. The van der Waals surface area contributed by atoms with E-state index in [2.05, 4.69) is 24.4 Å². The van der Waals surface area contributed by atoms with E-state index in [1.54, 1.807) is 0 Å². The summed E-state index contributed by atoms with van der Waals surface area (Å²) in [6.45, 7) is 7.93. The lowest BCUT2D eigenvalue weighted by atomic mass is 10.1. The second-order valence-electron chi connectivity index (χ2n) is 7.56. The molecule has 8 heteroatoms. The zero-order valence-electron chi connectivity index (χ0n) is 16.0. The Morgan fingerprint density at radius 2 is 1.96 bits per heavy atom. The lowest BCUT2D eigenvalue weighted by Crippen LogP contribution is -2.28. The maximum Gasteiger partial charge on any atom is 0.308 e. The maximum atomic E-state index is 11.3. The second kappa shape index (κ2) is 12.6. The van der Waals surface area contributed by atoms with Crippen molar-refractivity contribution in [3.05, 3.63) is 0 Å². The van der Waals surface area contributed by atoms with Crippen molar-refractivity contribution in [1.82, 2.24) is 0 Å². The molecule has 0 radical (unpaired) electrons. The molecule has 0 aromatic rings. The van der Waals surface area contributed by atoms with Crippen LogP contribution in [0, 0.1) is 0 Å². The third-order valence-corrected chi connectivity index (χ3v) is 8.60. The molecule has 1 saturated heterocycles. The first-order valence-corrected chi connectivity index (χ1v) is 14.8. The van der Waals surface area contributed by atoms with Crippen LogP contribution in [-0.2, 0) is 19.0 Å². The summed E-state index contributed by atoms with van der Waals surface area (Å²) in [6.07, 6.45) is 1.72. The normalized spacial score (nSPS) is 18.8. The molecule has 0 aliphatic carbocycles. The van der Waals surface area contributed by atoms with Gasteiger partial charge in [-0.1, -0.05) is 19.6 Å².